The minimum Gasteiger partial charge on any atom is -0.484 e. The van der Waals surface area contributed by atoms with Gasteiger partial charge in [0.25, 0.3) is 5.91 Å². The molecule has 0 heterocycles. The lowest BCUT2D eigenvalue weighted by atomic mass is 10.2. The minimum atomic E-state index is -0.403. The van der Waals surface area contributed by atoms with Crippen LogP contribution in [0, 0.1) is 18.8 Å². The van der Waals surface area contributed by atoms with Gasteiger partial charge in [-0.05, 0) is 43.0 Å². The Bertz CT molecular complexity index is 533. The van der Waals surface area contributed by atoms with Crippen LogP contribution in [0.15, 0.2) is 18.2 Å². The molecule has 1 aliphatic carbocycles. The molecule has 108 valence electrons. The van der Waals surface area contributed by atoms with Gasteiger partial charge in [-0.15, -0.1) is 0 Å². The summed E-state index contributed by atoms with van der Waals surface area (Å²) >= 11 is 5.89. The first kappa shape index (κ1) is 14.7. The summed E-state index contributed by atoms with van der Waals surface area (Å²) in [5, 5.41) is 0.646. The molecule has 0 aromatic heterocycles. The maximum absolute atomic E-state index is 11.5. The van der Waals surface area contributed by atoms with E-state index in [1.807, 2.05) is 13.8 Å². The van der Waals surface area contributed by atoms with Gasteiger partial charge in [0.15, 0.2) is 6.61 Å². The van der Waals surface area contributed by atoms with Gasteiger partial charge in [-0.3, -0.25) is 20.4 Å². The van der Waals surface area contributed by atoms with Crippen molar-refractivity contribution in [3.8, 4) is 5.75 Å². The van der Waals surface area contributed by atoms with Gasteiger partial charge in [-0.25, -0.2) is 0 Å². The van der Waals surface area contributed by atoms with Crippen molar-refractivity contribution < 1.29 is 14.3 Å². The van der Waals surface area contributed by atoms with E-state index in [1.165, 1.54) is 0 Å². The third-order valence-corrected chi connectivity index (χ3v) is 3.69. The molecule has 20 heavy (non-hydrogen) atoms. The van der Waals surface area contributed by atoms with E-state index >= 15 is 0 Å². The molecular weight excluding hydrogens is 280 g/mol. The van der Waals surface area contributed by atoms with Gasteiger partial charge in [-0.2, -0.15) is 0 Å². The van der Waals surface area contributed by atoms with E-state index in [9.17, 15) is 9.59 Å². The molecule has 0 bridgehead atoms. The van der Waals surface area contributed by atoms with Crippen LogP contribution in [-0.2, 0) is 9.59 Å². The van der Waals surface area contributed by atoms with Crippen LogP contribution in [0.2, 0.25) is 5.02 Å². The molecule has 2 amide bonds. The molecule has 1 aliphatic rings. The Morgan fingerprint density at radius 3 is 2.70 bits per heavy atom. The van der Waals surface area contributed by atoms with Crippen molar-refractivity contribution in [3.63, 3.8) is 0 Å². The van der Waals surface area contributed by atoms with Crippen molar-refractivity contribution in [3.05, 3.63) is 28.8 Å². The van der Waals surface area contributed by atoms with E-state index in [0.717, 1.165) is 12.0 Å². The number of hydrogen-bond donors (Lipinski definition) is 2. The highest BCUT2D eigenvalue weighted by atomic mass is 35.5. The van der Waals surface area contributed by atoms with Crippen molar-refractivity contribution in [2.75, 3.05) is 6.61 Å². The molecule has 0 aliphatic heterocycles. The van der Waals surface area contributed by atoms with Crippen LogP contribution < -0.4 is 15.6 Å². The number of benzene rings is 1. The summed E-state index contributed by atoms with van der Waals surface area (Å²) in [6.45, 7) is 3.69. The zero-order valence-corrected chi connectivity index (χ0v) is 12.2. The zero-order valence-electron chi connectivity index (χ0n) is 11.4. The van der Waals surface area contributed by atoms with Gasteiger partial charge in [0.05, 0.1) is 0 Å². The second-order valence-electron chi connectivity index (χ2n) is 5.06. The predicted molar refractivity (Wildman–Crippen MR) is 75.2 cm³/mol. The molecule has 2 atom stereocenters. The molecule has 1 aromatic carbocycles. The van der Waals surface area contributed by atoms with E-state index in [4.69, 9.17) is 16.3 Å². The fourth-order valence-electron chi connectivity index (χ4n) is 1.80. The monoisotopic (exact) mass is 296 g/mol. The number of nitrogens with one attached hydrogen (secondary N) is 2. The van der Waals surface area contributed by atoms with Gasteiger partial charge in [0, 0.05) is 10.9 Å². The summed E-state index contributed by atoms with van der Waals surface area (Å²) < 4.78 is 5.31. The number of ether oxygens (including phenoxy) is 1. The molecule has 0 unspecified atom stereocenters. The number of aryl methyl sites for hydroxylation is 1. The predicted octanol–water partition coefficient (Wildman–Crippen LogP) is 1.83. The van der Waals surface area contributed by atoms with E-state index in [1.54, 1.807) is 18.2 Å². The molecule has 1 saturated carbocycles. The highest BCUT2D eigenvalue weighted by molar-refractivity contribution is 6.31. The minimum absolute atomic E-state index is 0.0233. The number of carbonyl (C=O) groups excluding carboxylic acids is 2. The highest BCUT2D eigenvalue weighted by Crippen LogP contribution is 2.37. The lowest BCUT2D eigenvalue weighted by Crippen LogP contribution is -2.44. The number of rotatable bonds is 4. The van der Waals surface area contributed by atoms with Gasteiger partial charge in [0.1, 0.15) is 5.75 Å². The maximum atomic E-state index is 11.5. The fraction of sp³-hybridized carbons (Fsp3) is 0.429. The highest BCUT2D eigenvalue weighted by Gasteiger charge is 2.39. The summed E-state index contributed by atoms with van der Waals surface area (Å²) in [7, 11) is 0. The number of carbonyl (C=O) groups is 2. The Morgan fingerprint density at radius 2 is 2.10 bits per heavy atom. The van der Waals surface area contributed by atoms with Crippen LogP contribution in [0.3, 0.4) is 0 Å². The second-order valence-corrected chi connectivity index (χ2v) is 5.46. The van der Waals surface area contributed by atoms with Gasteiger partial charge >= 0.3 is 0 Å². The Hall–Kier alpha value is -1.75. The molecule has 2 rings (SSSR count). The van der Waals surface area contributed by atoms with Gasteiger partial charge in [-0.1, -0.05) is 18.5 Å². The standard InChI is InChI=1S/C14H17ClN2O3/c1-8-6-11(8)14(19)17-16-13(18)7-20-10-3-4-12(15)9(2)5-10/h3-5,8,11H,6-7H2,1-2H3,(H,16,18)(H,17,19)/t8-,11+/m1/s1. The zero-order chi connectivity index (χ0) is 14.7. The third kappa shape index (κ3) is 3.87. The van der Waals surface area contributed by atoms with Crippen molar-refractivity contribution in [1.82, 2.24) is 10.9 Å². The Kier molecular flexibility index (Phi) is 4.49. The van der Waals surface area contributed by atoms with E-state index in [2.05, 4.69) is 10.9 Å². The Labute approximate surface area is 122 Å². The molecule has 6 heteroatoms. The SMILES string of the molecule is Cc1cc(OCC(=O)NNC(=O)[C@H]2C[C@H]2C)ccc1Cl. The second kappa shape index (κ2) is 6.13. The van der Waals surface area contributed by atoms with Crippen molar-refractivity contribution >= 4 is 23.4 Å². The lowest BCUT2D eigenvalue weighted by Gasteiger charge is -2.09. The fourth-order valence-corrected chi connectivity index (χ4v) is 1.92. The molecule has 2 N–H and O–H groups in total. The van der Waals surface area contributed by atoms with Crippen LogP contribution in [0.5, 0.6) is 5.75 Å². The molecule has 1 aromatic rings. The largest absolute Gasteiger partial charge is 0.484 e. The van der Waals surface area contributed by atoms with E-state index in [0.29, 0.717) is 16.7 Å². The topological polar surface area (TPSA) is 67.4 Å². The average molecular weight is 297 g/mol. The third-order valence-electron chi connectivity index (χ3n) is 3.27. The quantitative estimate of drug-likeness (QED) is 0.833. The average Bonchev–Trinajstić information content (AvgIpc) is 3.14. The van der Waals surface area contributed by atoms with Crippen LogP contribution in [0.1, 0.15) is 18.9 Å². The summed E-state index contributed by atoms with van der Waals surface area (Å²) in [6, 6.07) is 5.15. The first-order chi connectivity index (χ1) is 9.47. The molecule has 0 saturated heterocycles. The van der Waals surface area contributed by atoms with Crippen LogP contribution in [-0.4, -0.2) is 18.4 Å². The number of amides is 2. The Morgan fingerprint density at radius 1 is 1.40 bits per heavy atom. The first-order valence-electron chi connectivity index (χ1n) is 6.45. The smallest absolute Gasteiger partial charge is 0.276 e. The maximum Gasteiger partial charge on any atom is 0.276 e. The normalized spacial score (nSPS) is 20.1. The van der Waals surface area contributed by atoms with E-state index in [-0.39, 0.29) is 18.4 Å². The van der Waals surface area contributed by atoms with Crippen LogP contribution >= 0.6 is 11.6 Å². The summed E-state index contributed by atoms with van der Waals surface area (Å²) in [5.41, 5.74) is 5.60. The van der Waals surface area contributed by atoms with Gasteiger partial charge < -0.3 is 4.74 Å². The molecule has 5 nitrogen and oxygen atoms in total. The van der Waals surface area contributed by atoms with Crippen molar-refractivity contribution in [1.29, 1.82) is 0 Å². The number of halogens is 1. The van der Waals surface area contributed by atoms with Crippen molar-refractivity contribution in [2.45, 2.75) is 20.3 Å². The molecule has 0 spiro atoms. The number of hydrazine groups is 1. The molecular formula is C14H17ClN2O3. The van der Waals surface area contributed by atoms with Crippen LogP contribution in [0.4, 0.5) is 0 Å². The van der Waals surface area contributed by atoms with Crippen LogP contribution in [0.25, 0.3) is 0 Å². The summed E-state index contributed by atoms with van der Waals surface area (Å²) in [6.07, 6.45) is 0.877. The molecule has 0 radical (unpaired) electrons. The Balaban J connectivity index is 1.72. The molecule has 1 fully saturated rings. The number of hydrogen-bond acceptors (Lipinski definition) is 3. The van der Waals surface area contributed by atoms with Crippen molar-refractivity contribution in [2.24, 2.45) is 11.8 Å². The first-order valence-corrected chi connectivity index (χ1v) is 6.83. The summed E-state index contributed by atoms with van der Waals surface area (Å²) in [5.74, 6) is 0.437. The van der Waals surface area contributed by atoms with Gasteiger partial charge in [0.2, 0.25) is 5.91 Å². The summed E-state index contributed by atoms with van der Waals surface area (Å²) in [4.78, 5) is 23.0. The lowest BCUT2D eigenvalue weighted by molar-refractivity contribution is -0.130. The van der Waals surface area contributed by atoms with E-state index < -0.39 is 5.91 Å².